The summed E-state index contributed by atoms with van der Waals surface area (Å²) in [6.45, 7) is 4.23. The van der Waals surface area contributed by atoms with Gasteiger partial charge in [-0.1, -0.05) is 48.0 Å². The molecule has 0 unspecified atom stereocenters. The minimum absolute atomic E-state index is 0.102. The molecule has 182 valence electrons. The van der Waals surface area contributed by atoms with E-state index < -0.39 is 0 Å². The summed E-state index contributed by atoms with van der Waals surface area (Å²) in [7, 11) is 0. The van der Waals surface area contributed by atoms with Crippen LogP contribution in [0.4, 0.5) is 5.69 Å². The number of carbonyl (C=O) groups excluding carboxylic acids is 1. The second kappa shape index (κ2) is 10.1. The van der Waals surface area contributed by atoms with Crippen molar-refractivity contribution in [2.75, 3.05) is 11.9 Å². The summed E-state index contributed by atoms with van der Waals surface area (Å²) in [4.78, 5) is 19.6. The largest absolute Gasteiger partial charge is 0.352 e. The van der Waals surface area contributed by atoms with Gasteiger partial charge in [-0.05, 0) is 74.1 Å². The van der Waals surface area contributed by atoms with Gasteiger partial charge in [0.05, 0.1) is 28.5 Å². The summed E-state index contributed by atoms with van der Waals surface area (Å²) >= 11 is 12.3. The second-order valence-electron chi connectivity index (χ2n) is 8.78. The van der Waals surface area contributed by atoms with Crippen LogP contribution in [-0.2, 0) is 4.79 Å². The molecule has 4 aromatic rings. The first-order chi connectivity index (χ1) is 17.4. The Morgan fingerprint density at radius 3 is 2.50 bits per heavy atom. The third-order valence-electron chi connectivity index (χ3n) is 6.45. The Morgan fingerprint density at radius 1 is 1.06 bits per heavy atom. The van der Waals surface area contributed by atoms with E-state index in [9.17, 15) is 4.79 Å². The quantitative estimate of drug-likeness (QED) is 0.320. The third kappa shape index (κ3) is 4.59. The average molecular weight is 516 g/mol. The number of nitrogens with one attached hydrogen (secondary N) is 2. The Bertz CT molecular complexity index is 1410. The van der Waals surface area contributed by atoms with Crippen LogP contribution >= 0.6 is 23.8 Å². The van der Waals surface area contributed by atoms with Gasteiger partial charge in [0.2, 0.25) is 5.91 Å². The van der Waals surface area contributed by atoms with Crippen LogP contribution in [-0.4, -0.2) is 32.0 Å². The molecular formula is C28H26ClN5OS. The van der Waals surface area contributed by atoms with E-state index in [1.54, 1.807) is 6.20 Å². The van der Waals surface area contributed by atoms with Crippen molar-refractivity contribution >= 4 is 40.5 Å². The lowest BCUT2D eigenvalue weighted by molar-refractivity contribution is -0.116. The fraction of sp³-hybridized carbons (Fsp3) is 0.179. The first-order valence-electron chi connectivity index (χ1n) is 11.7. The van der Waals surface area contributed by atoms with Gasteiger partial charge < -0.3 is 20.1 Å². The van der Waals surface area contributed by atoms with Crippen LogP contribution < -0.4 is 10.6 Å². The molecule has 1 saturated heterocycles. The van der Waals surface area contributed by atoms with Crippen LogP contribution in [0.3, 0.4) is 0 Å². The van der Waals surface area contributed by atoms with Crippen molar-refractivity contribution in [2.24, 2.45) is 0 Å². The van der Waals surface area contributed by atoms with Crippen LogP contribution in [0.5, 0.6) is 0 Å². The van der Waals surface area contributed by atoms with Gasteiger partial charge in [-0.2, -0.15) is 0 Å². The van der Waals surface area contributed by atoms with Gasteiger partial charge >= 0.3 is 0 Å². The van der Waals surface area contributed by atoms with Crippen molar-refractivity contribution in [1.82, 2.24) is 19.8 Å². The molecule has 1 amide bonds. The lowest BCUT2D eigenvalue weighted by atomic mass is 9.96. The van der Waals surface area contributed by atoms with E-state index in [1.807, 2.05) is 77.7 Å². The van der Waals surface area contributed by atoms with Crippen molar-refractivity contribution in [2.45, 2.75) is 25.9 Å². The summed E-state index contributed by atoms with van der Waals surface area (Å²) in [6.07, 6.45) is 1.77. The molecule has 6 nitrogen and oxygen atoms in total. The van der Waals surface area contributed by atoms with Crippen LogP contribution in [0, 0.1) is 13.8 Å². The fourth-order valence-electron chi connectivity index (χ4n) is 4.88. The molecule has 1 aliphatic rings. The average Bonchev–Trinajstić information content (AvgIpc) is 3.35. The number of aromatic nitrogens is 2. The molecule has 2 aromatic carbocycles. The Kier molecular flexibility index (Phi) is 6.76. The standard InChI is InChI=1S/C28H26ClN5OS/c1-18-16-21(19(2)34(18)24-14-7-6-12-22(24)29)27-26(23-13-8-9-15-30-23)32-28(36)33(27)17-25(35)31-20-10-4-3-5-11-20/h3-16,26-27H,17H2,1-2H3,(H,31,35)(H,32,36)/t26-,27-/m0/s1. The Labute approximate surface area is 220 Å². The summed E-state index contributed by atoms with van der Waals surface area (Å²) in [6, 6.07) is 24.7. The highest BCUT2D eigenvalue weighted by atomic mass is 35.5. The Morgan fingerprint density at radius 2 is 1.78 bits per heavy atom. The fourth-order valence-corrected chi connectivity index (χ4v) is 5.41. The molecule has 1 aliphatic heterocycles. The number of nitrogens with zero attached hydrogens (tertiary/aromatic N) is 3. The number of rotatable bonds is 6. The predicted molar refractivity (Wildman–Crippen MR) is 147 cm³/mol. The number of para-hydroxylation sites is 2. The van der Waals surface area contributed by atoms with E-state index in [-0.39, 0.29) is 24.5 Å². The van der Waals surface area contributed by atoms with E-state index in [0.29, 0.717) is 10.1 Å². The number of pyridine rings is 1. The highest BCUT2D eigenvalue weighted by Gasteiger charge is 2.42. The van der Waals surface area contributed by atoms with Gasteiger partial charge in [-0.15, -0.1) is 0 Å². The molecule has 2 N–H and O–H groups in total. The van der Waals surface area contributed by atoms with Crippen LogP contribution in [0.15, 0.2) is 85.1 Å². The number of hydrogen-bond donors (Lipinski definition) is 2. The molecule has 0 saturated carbocycles. The summed E-state index contributed by atoms with van der Waals surface area (Å²) in [5.41, 5.74) is 5.65. The van der Waals surface area contributed by atoms with E-state index in [2.05, 4.69) is 40.1 Å². The van der Waals surface area contributed by atoms with E-state index >= 15 is 0 Å². The van der Waals surface area contributed by atoms with Crippen molar-refractivity contribution in [3.05, 3.63) is 113 Å². The lowest BCUT2D eigenvalue weighted by Gasteiger charge is -2.27. The number of anilines is 1. The zero-order valence-electron chi connectivity index (χ0n) is 20.0. The van der Waals surface area contributed by atoms with Crippen molar-refractivity contribution in [3.63, 3.8) is 0 Å². The molecule has 5 rings (SSSR count). The summed E-state index contributed by atoms with van der Waals surface area (Å²) < 4.78 is 2.15. The number of benzene rings is 2. The number of amides is 1. The van der Waals surface area contributed by atoms with E-state index in [4.69, 9.17) is 23.8 Å². The molecule has 0 spiro atoms. The van der Waals surface area contributed by atoms with Crippen molar-refractivity contribution in [1.29, 1.82) is 0 Å². The zero-order chi connectivity index (χ0) is 25.2. The lowest BCUT2D eigenvalue weighted by Crippen LogP contribution is -2.37. The minimum atomic E-state index is -0.239. The highest BCUT2D eigenvalue weighted by molar-refractivity contribution is 7.80. The molecule has 2 aromatic heterocycles. The van der Waals surface area contributed by atoms with Gasteiger partial charge in [-0.25, -0.2) is 0 Å². The maximum atomic E-state index is 13.1. The van der Waals surface area contributed by atoms with E-state index in [0.717, 1.165) is 34.0 Å². The summed E-state index contributed by atoms with van der Waals surface area (Å²) in [5, 5.41) is 7.59. The first kappa shape index (κ1) is 24.0. The second-order valence-corrected chi connectivity index (χ2v) is 9.58. The van der Waals surface area contributed by atoms with Gasteiger partial charge in [0.15, 0.2) is 5.11 Å². The molecule has 2 atom stereocenters. The molecular weight excluding hydrogens is 490 g/mol. The normalized spacial score (nSPS) is 17.2. The molecule has 0 bridgehead atoms. The summed E-state index contributed by atoms with van der Waals surface area (Å²) in [5.74, 6) is -0.142. The third-order valence-corrected chi connectivity index (χ3v) is 7.12. The predicted octanol–water partition coefficient (Wildman–Crippen LogP) is 5.75. The van der Waals surface area contributed by atoms with Gasteiger partial charge in [0.25, 0.3) is 0 Å². The maximum Gasteiger partial charge on any atom is 0.244 e. The minimum Gasteiger partial charge on any atom is -0.352 e. The smallest absolute Gasteiger partial charge is 0.244 e. The molecule has 0 radical (unpaired) electrons. The number of thiocarbonyl (C=S) groups is 1. The molecule has 8 heteroatoms. The van der Waals surface area contributed by atoms with Crippen LogP contribution in [0.25, 0.3) is 5.69 Å². The number of hydrogen-bond acceptors (Lipinski definition) is 3. The van der Waals surface area contributed by atoms with Crippen LogP contribution in [0.1, 0.15) is 34.7 Å². The first-order valence-corrected chi connectivity index (χ1v) is 12.5. The Hall–Kier alpha value is -3.68. The van der Waals surface area contributed by atoms with Crippen LogP contribution in [0.2, 0.25) is 5.02 Å². The molecule has 3 heterocycles. The highest BCUT2D eigenvalue weighted by Crippen LogP contribution is 2.41. The van der Waals surface area contributed by atoms with Crippen molar-refractivity contribution in [3.8, 4) is 5.69 Å². The molecule has 0 aliphatic carbocycles. The number of carbonyl (C=O) groups is 1. The molecule has 1 fully saturated rings. The maximum absolute atomic E-state index is 13.1. The van der Waals surface area contributed by atoms with Gasteiger partial charge in [0, 0.05) is 23.3 Å². The topological polar surface area (TPSA) is 62.2 Å². The SMILES string of the molecule is Cc1cc([C@H]2[C@H](c3ccccn3)NC(=S)N2CC(=O)Nc2ccccc2)c(C)n1-c1ccccc1Cl. The molecule has 36 heavy (non-hydrogen) atoms. The number of aryl methyl sites for hydroxylation is 1. The zero-order valence-corrected chi connectivity index (χ0v) is 21.6. The van der Waals surface area contributed by atoms with E-state index in [1.165, 1.54) is 0 Å². The van der Waals surface area contributed by atoms with Crippen molar-refractivity contribution < 1.29 is 4.79 Å². The Balaban J connectivity index is 1.55. The van der Waals surface area contributed by atoms with Gasteiger partial charge in [0.1, 0.15) is 6.54 Å². The number of halogens is 1. The van der Waals surface area contributed by atoms with Gasteiger partial charge in [-0.3, -0.25) is 9.78 Å². The monoisotopic (exact) mass is 515 g/mol.